The number of carboxylic acid groups (broad SMARTS) is 1. The smallest absolute Gasteiger partial charge is 0.306 e. The number of aliphatic carboxylic acids is 1. The van der Waals surface area contributed by atoms with E-state index < -0.39 is 18.2 Å². The van der Waals surface area contributed by atoms with Crippen LogP contribution in [-0.2, 0) is 4.79 Å². The number of carbonyl (C=O) groups is 1. The molecular weight excluding hydrogens is 256 g/mol. The van der Waals surface area contributed by atoms with Gasteiger partial charge < -0.3 is 15.3 Å². The van der Waals surface area contributed by atoms with E-state index >= 15 is 0 Å². The summed E-state index contributed by atoms with van der Waals surface area (Å²) in [5.41, 5.74) is 0. The second-order valence-corrected chi connectivity index (χ2v) is 5.70. The van der Waals surface area contributed by atoms with Crippen molar-refractivity contribution >= 4 is 5.97 Å². The fourth-order valence-electron chi connectivity index (χ4n) is 2.35. The molecule has 0 amide bonds. The van der Waals surface area contributed by atoms with E-state index in [-0.39, 0.29) is 6.42 Å². The highest BCUT2D eigenvalue weighted by atomic mass is 16.4. The molecule has 4 heteroatoms. The highest BCUT2D eigenvalue weighted by Gasteiger charge is 2.18. The van der Waals surface area contributed by atoms with Gasteiger partial charge in [-0.05, 0) is 6.42 Å². The zero-order valence-corrected chi connectivity index (χ0v) is 12.9. The second-order valence-electron chi connectivity index (χ2n) is 5.70. The highest BCUT2D eigenvalue weighted by Crippen LogP contribution is 2.13. The molecule has 0 aromatic rings. The van der Waals surface area contributed by atoms with Crippen LogP contribution >= 0.6 is 0 Å². The minimum Gasteiger partial charge on any atom is -0.481 e. The molecule has 0 aromatic heterocycles. The molecule has 0 aliphatic rings. The fraction of sp³-hybridized carbons (Fsp3) is 0.938. The Morgan fingerprint density at radius 2 is 1.25 bits per heavy atom. The van der Waals surface area contributed by atoms with Crippen LogP contribution in [0.3, 0.4) is 0 Å². The lowest BCUT2D eigenvalue weighted by Gasteiger charge is -2.15. The first-order valence-electron chi connectivity index (χ1n) is 8.15. The Morgan fingerprint density at radius 3 is 1.70 bits per heavy atom. The van der Waals surface area contributed by atoms with Crippen LogP contribution in [0.15, 0.2) is 0 Å². The molecule has 0 rings (SSSR count). The zero-order valence-electron chi connectivity index (χ0n) is 12.9. The molecule has 0 aliphatic heterocycles. The number of unbranched alkanes of at least 4 members (excludes halogenated alkanes) is 9. The molecule has 0 saturated heterocycles. The van der Waals surface area contributed by atoms with E-state index in [4.69, 9.17) is 5.11 Å². The van der Waals surface area contributed by atoms with Crippen LogP contribution in [-0.4, -0.2) is 33.5 Å². The van der Waals surface area contributed by atoms with E-state index in [1.807, 2.05) is 0 Å². The molecular formula is C16H32O4. The predicted octanol–water partition coefficient (Wildman–Crippen LogP) is 3.49. The zero-order chi connectivity index (χ0) is 15.2. The Kier molecular flexibility index (Phi) is 13.0. The Hall–Kier alpha value is -0.610. The van der Waals surface area contributed by atoms with Crippen LogP contribution in [0.1, 0.15) is 84.0 Å². The Bertz CT molecular complexity index is 231. The normalized spacial score (nSPS) is 14.2. The first-order chi connectivity index (χ1) is 9.57. The summed E-state index contributed by atoms with van der Waals surface area (Å²) in [6, 6.07) is 0. The van der Waals surface area contributed by atoms with Crippen molar-refractivity contribution in [3.05, 3.63) is 0 Å². The summed E-state index contributed by atoms with van der Waals surface area (Å²) in [6.45, 7) is 2.22. The van der Waals surface area contributed by atoms with Gasteiger partial charge >= 0.3 is 5.97 Å². The summed E-state index contributed by atoms with van der Waals surface area (Å²) >= 11 is 0. The van der Waals surface area contributed by atoms with Crippen molar-refractivity contribution in [3.8, 4) is 0 Å². The van der Waals surface area contributed by atoms with Crippen molar-refractivity contribution in [3.63, 3.8) is 0 Å². The predicted molar refractivity (Wildman–Crippen MR) is 80.7 cm³/mol. The molecule has 3 N–H and O–H groups in total. The van der Waals surface area contributed by atoms with Gasteiger partial charge in [-0.1, -0.05) is 71.1 Å². The van der Waals surface area contributed by atoms with E-state index in [9.17, 15) is 15.0 Å². The van der Waals surface area contributed by atoms with Gasteiger partial charge in [-0.3, -0.25) is 4.79 Å². The lowest BCUT2D eigenvalue weighted by Crippen LogP contribution is -2.28. The van der Waals surface area contributed by atoms with Crippen molar-refractivity contribution in [2.75, 3.05) is 0 Å². The number of rotatable bonds is 14. The summed E-state index contributed by atoms with van der Waals surface area (Å²) in [4.78, 5) is 10.4. The first-order valence-corrected chi connectivity index (χ1v) is 8.15. The van der Waals surface area contributed by atoms with Crippen molar-refractivity contribution in [1.82, 2.24) is 0 Å². The molecule has 0 fully saturated rings. The maximum atomic E-state index is 10.4. The monoisotopic (exact) mass is 288 g/mol. The minimum absolute atomic E-state index is 0.376. The Labute approximate surface area is 123 Å². The Balaban J connectivity index is 3.28. The van der Waals surface area contributed by atoms with Crippen LogP contribution in [0.5, 0.6) is 0 Å². The number of hydrogen-bond donors (Lipinski definition) is 3. The summed E-state index contributed by atoms with van der Waals surface area (Å²) in [5, 5.41) is 27.5. The summed E-state index contributed by atoms with van der Waals surface area (Å²) in [6.07, 6.45) is 10.3. The summed E-state index contributed by atoms with van der Waals surface area (Å²) < 4.78 is 0. The van der Waals surface area contributed by atoms with Crippen molar-refractivity contribution in [2.24, 2.45) is 0 Å². The largest absolute Gasteiger partial charge is 0.481 e. The van der Waals surface area contributed by atoms with Crippen LogP contribution in [0.2, 0.25) is 0 Å². The van der Waals surface area contributed by atoms with Crippen LogP contribution < -0.4 is 0 Å². The second kappa shape index (κ2) is 13.4. The number of aliphatic hydroxyl groups is 2. The van der Waals surface area contributed by atoms with E-state index in [0.29, 0.717) is 6.42 Å². The van der Waals surface area contributed by atoms with Gasteiger partial charge in [0.15, 0.2) is 0 Å². The van der Waals surface area contributed by atoms with Gasteiger partial charge in [0.2, 0.25) is 0 Å². The number of aliphatic hydroxyl groups excluding tert-OH is 2. The van der Waals surface area contributed by atoms with E-state index in [2.05, 4.69) is 6.92 Å². The van der Waals surface area contributed by atoms with E-state index in [1.54, 1.807) is 0 Å². The molecule has 0 heterocycles. The lowest BCUT2D eigenvalue weighted by molar-refractivity contribution is -0.141. The lowest BCUT2D eigenvalue weighted by atomic mass is 10.0. The number of carboxylic acids is 1. The van der Waals surface area contributed by atoms with Crippen LogP contribution in [0.25, 0.3) is 0 Å². The maximum absolute atomic E-state index is 10.4. The standard InChI is InChI=1S/C16H32O4/c1-2-3-4-5-6-7-8-9-10-11-12-14(17)15(18)13-16(19)20/h14-15,17-18H,2-13H2,1H3,(H,19,20)/t14-,15+/m0/s1. The van der Waals surface area contributed by atoms with Gasteiger partial charge in [0.25, 0.3) is 0 Å². The van der Waals surface area contributed by atoms with Crippen LogP contribution in [0.4, 0.5) is 0 Å². The topological polar surface area (TPSA) is 77.8 Å². The summed E-state index contributed by atoms with van der Waals surface area (Å²) in [5.74, 6) is -1.07. The molecule has 120 valence electrons. The fourth-order valence-corrected chi connectivity index (χ4v) is 2.35. The molecule has 4 nitrogen and oxygen atoms in total. The molecule has 20 heavy (non-hydrogen) atoms. The average molecular weight is 288 g/mol. The quantitative estimate of drug-likeness (QED) is 0.428. The third-order valence-corrected chi connectivity index (χ3v) is 3.68. The van der Waals surface area contributed by atoms with Gasteiger partial charge in [0, 0.05) is 0 Å². The van der Waals surface area contributed by atoms with E-state index in [0.717, 1.165) is 19.3 Å². The highest BCUT2D eigenvalue weighted by molar-refractivity contribution is 5.67. The molecule has 0 bridgehead atoms. The summed E-state index contributed by atoms with van der Waals surface area (Å²) in [7, 11) is 0. The van der Waals surface area contributed by atoms with Gasteiger partial charge in [-0.15, -0.1) is 0 Å². The van der Waals surface area contributed by atoms with Crippen molar-refractivity contribution < 1.29 is 20.1 Å². The van der Waals surface area contributed by atoms with Gasteiger partial charge in [0.1, 0.15) is 0 Å². The molecule has 0 unspecified atom stereocenters. The van der Waals surface area contributed by atoms with Crippen molar-refractivity contribution in [2.45, 2.75) is 96.2 Å². The SMILES string of the molecule is CCCCCCCCCCCC[C@H](O)[C@H](O)CC(=O)O. The molecule has 0 spiro atoms. The van der Waals surface area contributed by atoms with Crippen molar-refractivity contribution in [1.29, 1.82) is 0 Å². The third kappa shape index (κ3) is 12.4. The van der Waals surface area contributed by atoms with Gasteiger partial charge in [0.05, 0.1) is 18.6 Å². The molecule has 0 saturated carbocycles. The Morgan fingerprint density at radius 1 is 0.800 bits per heavy atom. The number of hydrogen-bond acceptors (Lipinski definition) is 3. The third-order valence-electron chi connectivity index (χ3n) is 3.68. The van der Waals surface area contributed by atoms with E-state index in [1.165, 1.54) is 44.9 Å². The molecule has 0 radical (unpaired) electrons. The minimum atomic E-state index is -1.13. The van der Waals surface area contributed by atoms with Gasteiger partial charge in [-0.25, -0.2) is 0 Å². The maximum Gasteiger partial charge on any atom is 0.306 e. The molecule has 2 atom stereocenters. The average Bonchev–Trinajstić information content (AvgIpc) is 2.39. The van der Waals surface area contributed by atoms with Crippen LogP contribution in [0, 0.1) is 0 Å². The molecule has 0 aromatic carbocycles. The van der Waals surface area contributed by atoms with Gasteiger partial charge in [-0.2, -0.15) is 0 Å². The first kappa shape index (κ1) is 19.4. The molecule has 0 aliphatic carbocycles.